The largest absolute Gasteiger partial charge is 0.468 e. The molecule has 4 fully saturated rings. The Morgan fingerprint density at radius 1 is 1.03 bits per heavy atom. The van der Waals surface area contributed by atoms with Gasteiger partial charge in [-0.25, -0.2) is 0 Å². The second-order valence-electron chi connectivity index (χ2n) is 12.1. The number of carbonyl (C=O) groups excluding carboxylic acids is 3. The predicted molar refractivity (Wildman–Crippen MR) is 117 cm³/mol. The van der Waals surface area contributed by atoms with Crippen molar-refractivity contribution < 1.29 is 24.2 Å². The van der Waals surface area contributed by atoms with Crippen LogP contribution in [-0.2, 0) is 19.1 Å². The van der Waals surface area contributed by atoms with E-state index in [-0.39, 0.29) is 40.3 Å². The van der Waals surface area contributed by atoms with Crippen molar-refractivity contribution in [1.82, 2.24) is 0 Å². The summed E-state index contributed by atoms with van der Waals surface area (Å²) in [6, 6.07) is 0. The van der Waals surface area contributed by atoms with Crippen LogP contribution in [0.15, 0.2) is 12.2 Å². The highest BCUT2D eigenvalue weighted by atomic mass is 16.5. The van der Waals surface area contributed by atoms with E-state index in [0.717, 1.165) is 12.8 Å². The van der Waals surface area contributed by atoms with Gasteiger partial charge in [0.1, 0.15) is 0 Å². The molecule has 0 unspecified atom stereocenters. The molecule has 0 radical (unpaired) electrons. The first-order chi connectivity index (χ1) is 14.2. The minimum absolute atomic E-state index is 0.0273. The summed E-state index contributed by atoms with van der Waals surface area (Å²) in [5.74, 6) is -1.64. The average molecular weight is 431 g/mol. The molecule has 5 heteroatoms. The zero-order valence-electron chi connectivity index (χ0n) is 20.1. The highest BCUT2D eigenvalue weighted by Gasteiger charge is 2.78. The number of ketones is 2. The molecule has 31 heavy (non-hydrogen) atoms. The molecule has 4 saturated carbocycles. The normalized spacial score (nSPS) is 51.0. The zero-order chi connectivity index (χ0) is 23.4. The molecule has 1 N–H and O–H groups in total. The molecule has 0 aliphatic heterocycles. The molecule has 4 rings (SSSR count). The van der Waals surface area contributed by atoms with Gasteiger partial charge in [-0.1, -0.05) is 34.3 Å². The number of esters is 1. The lowest BCUT2D eigenvalue weighted by atomic mass is 9.30. The number of Topliss-reactive ketones (excluding diaryl/α,β-unsaturated/α-hetero) is 2. The predicted octanol–water partition coefficient (Wildman–Crippen LogP) is 4.12. The standard InChI is InChI=1S/C26H38O5/c1-14-19(28)24(6)13-17-23(5)11-10-18(27)22(3,4)16(23)9-12-25(17,7)26(15(24)2,20(14)29)21(30)31-8/h14,16-18,27H,2,9-13H2,1,3-8H3/t14-,16-,17+,18-,23-,24+,25+,26+/m1/s1. The second kappa shape index (κ2) is 6.30. The molecular weight excluding hydrogens is 392 g/mol. The first kappa shape index (κ1) is 22.7. The molecule has 0 aromatic heterocycles. The maximum absolute atomic E-state index is 13.9. The first-order valence-electron chi connectivity index (χ1n) is 11.7. The van der Waals surface area contributed by atoms with E-state index in [1.807, 2.05) is 6.92 Å². The molecule has 0 amide bonds. The van der Waals surface area contributed by atoms with Crippen molar-refractivity contribution in [2.45, 2.75) is 79.8 Å². The van der Waals surface area contributed by atoms with Crippen molar-refractivity contribution in [2.75, 3.05) is 7.11 Å². The lowest BCUT2D eigenvalue weighted by Crippen LogP contribution is -2.73. The Hall–Kier alpha value is -1.49. The van der Waals surface area contributed by atoms with E-state index in [0.29, 0.717) is 24.8 Å². The SMILES string of the molecule is C=C1[C@]2(C)C[C@H]3[C@]4(C)CC[C@@H](O)C(C)(C)[C@H]4CC[C@]3(C)[C@]1(C(=O)OC)C(=O)[C@H](C)C2=O. The molecular formula is C26H38O5. The molecule has 172 valence electrons. The van der Waals surface area contributed by atoms with E-state index in [9.17, 15) is 19.5 Å². The molecule has 0 heterocycles. The Labute approximate surface area is 186 Å². The van der Waals surface area contributed by atoms with Gasteiger partial charge in [-0.15, -0.1) is 0 Å². The Morgan fingerprint density at radius 2 is 1.65 bits per heavy atom. The number of hydrogen-bond acceptors (Lipinski definition) is 5. The van der Waals surface area contributed by atoms with Gasteiger partial charge in [0.2, 0.25) is 0 Å². The molecule has 2 bridgehead atoms. The van der Waals surface area contributed by atoms with Crippen molar-refractivity contribution in [1.29, 1.82) is 0 Å². The number of methoxy groups -OCH3 is 1. The Balaban J connectivity index is 2.00. The van der Waals surface area contributed by atoms with E-state index in [4.69, 9.17) is 4.74 Å². The summed E-state index contributed by atoms with van der Waals surface area (Å²) in [5, 5.41) is 10.8. The molecule has 8 atom stereocenters. The maximum atomic E-state index is 13.9. The smallest absolute Gasteiger partial charge is 0.324 e. The van der Waals surface area contributed by atoms with E-state index in [1.165, 1.54) is 7.11 Å². The van der Waals surface area contributed by atoms with Gasteiger partial charge in [0.15, 0.2) is 17.0 Å². The first-order valence-corrected chi connectivity index (χ1v) is 11.7. The lowest BCUT2D eigenvalue weighted by molar-refractivity contribution is -0.225. The Morgan fingerprint density at radius 3 is 2.23 bits per heavy atom. The van der Waals surface area contributed by atoms with Crippen LogP contribution in [-0.4, -0.2) is 35.9 Å². The topological polar surface area (TPSA) is 80.7 Å². The quantitative estimate of drug-likeness (QED) is 0.384. The van der Waals surface area contributed by atoms with Gasteiger partial charge in [0, 0.05) is 5.41 Å². The fraction of sp³-hybridized carbons (Fsp3) is 0.808. The number of rotatable bonds is 1. The van der Waals surface area contributed by atoms with E-state index >= 15 is 0 Å². The minimum Gasteiger partial charge on any atom is -0.468 e. The van der Waals surface area contributed by atoms with Crippen LogP contribution in [0.3, 0.4) is 0 Å². The molecule has 0 saturated heterocycles. The van der Waals surface area contributed by atoms with Crippen LogP contribution in [0.25, 0.3) is 0 Å². The van der Waals surface area contributed by atoms with Crippen LogP contribution < -0.4 is 0 Å². The molecule has 4 aliphatic rings. The van der Waals surface area contributed by atoms with Crippen molar-refractivity contribution >= 4 is 17.5 Å². The van der Waals surface area contributed by atoms with Gasteiger partial charge in [-0.05, 0) is 79.6 Å². The van der Waals surface area contributed by atoms with Crippen molar-refractivity contribution in [3.63, 3.8) is 0 Å². The number of aliphatic hydroxyl groups is 1. The third-order valence-electron chi connectivity index (χ3n) is 10.8. The third-order valence-corrected chi connectivity index (χ3v) is 10.8. The summed E-state index contributed by atoms with van der Waals surface area (Å²) in [7, 11) is 1.33. The van der Waals surface area contributed by atoms with Crippen LogP contribution >= 0.6 is 0 Å². The van der Waals surface area contributed by atoms with Crippen molar-refractivity contribution in [3.8, 4) is 0 Å². The van der Waals surface area contributed by atoms with E-state index in [2.05, 4.69) is 34.3 Å². The summed E-state index contributed by atoms with van der Waals surface area (Å²) in [5.41, 5.74) is -3.13. The fourth-order valence-electron chi connectivity index (χ4n) is 8.95. The van der Waals surface area contributed by atoms with E-state index in [1.54, 1.807) is 6.92 Å². The Kier molecular flexibility index (Phi) is 4.61. The summed E-state index contributed by atoms with van der Waals surface area (Å²) in [6.07, 6.45) is 3.23. The monoisotopic (exact) mass is 430 g/mol. The van der Waals surface area contributed by atoms with Crippen LogP contribution in [0.5, 0.6) is 0 Å². The van der Waals surface area contributed by atoms with E-state index < -0.39 is 28.1 Å². The number of aliphatic hydroxyl groups excluding tert-OH is 1. The van der Waals surface area contributed by atoms with Gasteiger partial charge < -0.3 is 9.84 Å². The molecule has 0 spiro atoms. The van der Waals surface area contributed by atoms with Crippen LogP contribution in [0, 0.1) is 44.8 Å². The second-order valence-corrected chi connectivity index (χ2v) is 12.1. The van der Waals surface area contributed by atoms with Gasteiger partial charge in [-0.3, -0.25) is 14.4 Å². The summed E-state index contributed by atoms with van der Waals surface area (Å²) in [4.78, 5) is 40.9. The third kappa shape index (κ3) is 2.24. The summed E-state index contributed by atoms with van der Waals surface area (Å²) >= 11 is 0. The molecule has 0 aromatic carbocycles. The van der Waals surface area contributed by atoms with Gasteiger partial charge in [0.25, 0.3) is 0 Å². The summed E-state index contributed by atoms with van der Waals surface area (Å²) < 4.78 is 5.30. The van der Waals surface area contributed by atoms with Crippen molar-refractivity contribution in [3.05, 3.63) is 12.2 Å². The number of ether oxygens (including phenoxy) is 1. The lowest BCUT2D eigenvalue weighted by Gasteiger charge is -2.71. The van der Waals surface area contributed by atoms with Gasteiger partial charge >= 0.3 is 5.97 Å². The minimum atomic E-state index is -1.50. The number of carbonyl (C=O) groups is 3. The fourth-order valence-corrected chi connectivity index (χ4v) is 8.95. The summed E-state index contributed by atoms with van der Waals surface area (Å²) in [6.45, 7) is 16.4. The molecule has 5 nitrogen and oxygen atoms in total. The number of hydrogen-bond donors (Lipinski definition) is 1. The van der Waals surface area contributed by atoms with Gasteiger partial charge in [0.05, 0.1) is 19.1 Å². The highest BCUT2D eigenvalue weighted by Crippen LogP contribution is 2.76. The molecule has 4 aliphatic carbocycles. The maximum Gasteiger partial charge on any atom is 0.324 e. The van der Waals surface area contributed by atoms with Crippen molar-refractivity contribution in [2.24, 2.45) is 44.8 Å². The zero-order valence-corrected chi connectivity index (χ0v) is 20.1. The Bertz CT molecular complexity index is 888. The van der Waals surface area contributed by atoms with Gasteiger partial charge in [-0.2, -0.15) is 0 Å². The average Bonchev–Trinajstić information content (AvgIpc) is 2.71. The van der Waals surface area contributed by atoms with Crippen LogP contribution in [0.4, 0.5) is 0 Å². The molecule has 0 aromatic rings. The van der Waals surface area contributed by atoms with Crippen LogP contribution in [0.2, 0.25) is 0 Å². The number of fused-ring (bicyclic) bond motifs is 6. The highest BCUT2D eigenvalue weighted by molar-refractivity contribution is 6.21. The van der Waals surface area contributed by atoms with Crippen LogP contribution in [0.1, 0.15) is 73.6 Å².